The zero-order valence-electron chi connectivity index (χ0n) is 11.1. The van der Waals surface area contributed by atoms with Crippen molar-refractivity contribution in [3.8, 4) is 5.75 Å². The molecule has 110 valence electrons. The molecule has 0 saturated carbocycles. The molecule has 0 unspecified atom stereocenters. The first-order valence-corrected chi connectivity index (χ1v) is 6.84. The van der Waals surface area contributed by atoms with Crippen LogP contribution in [0.3, 0.4) is 0 Å². The number of rotatable bonds is 4. The molecular formula is C15H12BrF2NO2. The van der Waals surface area contributed by atoms with Crippen molar-refractivity contribution < 1.29 is 18.3 Å². The van der Waals surface area contributed by atoms with Crippen molar-refractivity contribution in [1.82, 2.24) is 0 Å². The van der Waals surface area contributed by atoms with Crippen LogP contribution in [0.1, 0.15) is 22.8 Å². The topological polar surface area (TPSA) is 52.3 Å². The summed E-state index contributed by atoms with van der Waals surface area (Å²) in [5.74, 6) is -1.85. The van der Waals surface area contributed by atoms with Crippen LogP contribution in [0.15, 0.2) is 34.8 Å². The monoisotopic (exact) mass is 355 g/mol. The highest BCUT2D eigenvalue weighted by Crippen LogP contribution is 2.31. The smallest absolute Gasteiger partial charge is 0.163 e. The lowest BCUT2D eigenvalue weighted by molar-refractivity contribution is 0.101. The number of hydrogen-bond acceptors (Lipinski definition) is 3. The van der Waals surface area contributed by atoms with Gasteiger partial charge in [-0.25, -0.2) is 8.78 Å². The van der Waals surface area contributed by atoms with E-state index in [0.717, 1.165) is 12.1 Å². The molecule has 0 aliphatic carbocycles. The first-order chi connectivity index (χ1) is 9.88. The molecule has 0 aliphatic rings. The Balaban J connectivity index is 2.27. The number of carbonyl (C=O) groups excluding carboxylic acids is 1. The standard InChI is InChI=1S/C15H12BrF2NO2/c1-8(20)11-5-10(16)6-14(19)15(11)21-7-9-2-3-12(17)13(18)4-9/h2-6H,7,19H2,1H3. The van der Waals surface area contributed by atoms with Crippen molar-refractivity contribution in [2.75, 3.05) is 5.73 Å². The molecule has 0 bridgehead atoms. The third-order valence-corrected chi connectivity index (χ3v) is 3.29. The van der Waals surface area contributed by atoms with Crippen LogP contribution in [0.4, 0.5) is 14.5 Å². The lowest BCUT2D eigenvalue weighted by Crippen LogP contribution is -2.05. The number of anilines is 1. The van der Waals surface area contributed by atoms with E-state index in [4.69, 9.17) is 10.5 Å². The van der Waals surface area contributed by atoms with E-state index in [1.807, 2.05) is 0 Å². The van der Waals surface area contributed by atoms with Gasteiger partial charge in [0.2, 0.25) is 0 Å². The fraction of sp³-hybridized carbons (Fsp3) is 0.133. The Bertz CT molecular complexity index is 704. The zero-order chi connectivity index (χ0) is 15.6. The van der Waals surface area contributed by atoms with Crippen LogP contribution in [-0.4, -0.2) is 5.78 Å². The second-order valence-electron chi connectivity index (χ2n) is 4.47. The van der Waals surface area contributed by atoms with Crippen LogP contribution < -0.4 is 10.5 Å². The molecule has 3 nitrogen and oxygen atoms in total. The normalized spacial score (nSPS) is 10.5. The first-order valence-electron chi connectivity index (χ1n) is 6.05. The van der Waals surface area contributed by atoms with E-state index in [1.165, 1.54) is 13.0 Å². The fourth-order valence-electron chi connectivity index (χ4n) is 1.82. The van der Waals surface area contributed by atoms with Gasteiger partial charge in [0.15, 0.2) is 23.2 Å². The molecule has 21 heavy (non-hydrogen) atoms. The summed E-state index contributed by atoms with van der Waals surface area (Å²) in [6.07, 6.45) is 0. The van der Waals surface area contributed by atoms with Gasteiger partial charge in [0.1, 0.15) is 6.61 Å². The number of hydrogen-bond donors (Lipinski definition) is 1. The fourth-order valence-corrected chi connectivity index (χ4v) is 2.30. The molecule has 2 aromatic carbocycles. The van der Waals surface area contributed by atoms with Gasteiger partial charge < -0.3 is 10.5 Å². The van der Waals surface area contributed by atoms with Crippen molar-refractivity contribution in [2.24, 2.45) is 0 Å². The van der Waals surface area contributed by atoms with Crippen molar-refractivity contribution in [2.45, 2.75) is 13.5 Å². The van der Waals surface area contributed by atoms with E-state index in [1.54, 1.807) is 12.1 Å². The third-order valence-electron chi connectivity index (χ3n) is 2.83. The minimum Gasteiger partial charge on any atom is -0.486 e. The van der Waals surface area contributed by atoms with Gasteiger partial charge in [-0.2, -0.15) is 0 Å². The second-order valence-corrected chi connectivity index (χ2v) is 5.38. The van der Waals surface area contributed by atoms with E-state index in [2.05, 4.69) is 15.9 Å². The number of nitrogen functional groups attached to an aromatic ring is 1. The lowest BCUT2D eigenvalue weighted by atomic mass is 10.1. The maximum absolute atomic E-state index is 13.1. The van der Waals surface area contributed by atoms with Gasteiger partial charge in [0.25, 0.3) is 0 Å². The molecule has 0 saturated heterocycles. The molecule has 2 rings (SSSR count). The summed E-state index contributed by atoms with van der Waals surface area (Å²) in [6.45, 7) is 1.37. The summed E-state index contributed by atoms with van der Waals surface area (Å²) < 4.78 is 32.2. The quantitative estimate of drug-likeness (QED) is 0.663. The number of nitrogens with two attached hydrogens (primary N) is 1. The molecule has 0 fully saturated rings. The van der Waals surface area contributed by atoms with Gasteiger partial charge in [-0.05, 0) is 36.8 Å². The Morgan fingerprint density at radius 2 is 1.95 bits per heavy atom. The second kappa shape index (κ2) is 6.22. The molecule has 0 aromatic heterocycles. The molecule has 2 aromatic rings. The zero-order valence-corrected chi connectivity index (χ0v) is 12.7. The molecule has 0 heterocycles. The van der Waals surface area contributed by atoms with Gasteiger partial charge >= 0.3 is 0 Å². The van der Waals surface area contributed by atoms with Crippen LogP contribution in [0.2, 0.25) is 0 Å². The minimum absolute atomic E-state index is 0.0245. The molecule has 0 aliphatic heterocycles. The SMILES string of the molecule is CC(=O)c1cc(Br)cc(N)c1OCc1ccc(F)c(F)c1. The Kier molecular flexibility index (Phi) is 4.57. The largest absolute Gasteiger partial charge is 0.486 e. The molecule has 2 N–H and O–H groups in total. The van der Waals surface area contributed by atoms with E-state index < -0.39 is 11.6 Å². The average Bonchev–Trinajstić information content (AvgIpc) is 2.40. The summed E-state index contributed by atoms with van der Waals surface area (Å²) in [6, 6.07) is 6.66. The lowest BCUT2D eigenvalue weighted by Gasteiger charge is -2.13. The minimum atomic E-state index is -0.952. The van der Waals surface area contributed by atoms with Crippen molar-refractivity contribution in [1.29, 1.82) is 0 Å². The van der Waals surface area contributed by atoms with E-state index in [-0.39, 0.29) is 23.8 Å². The molecule has 0 amide bonds. The molecule has 6 heteroatoms. The van der Waals surface area contributed by atoms with Crippen LogP contribution in [0.25, 0.3) is 0 Å². The summed E-state index contributed by atoms with van der Waals surface area (Å²) in [7, 11) is 0. The van der Waals surface area contributed by atoms with Crippen molar-refractivity contribution >= 4 is 27.4 Å². The number of Topliss-reactive ketones (excluding diaryl/α,β-unsaturated/α-hetero) is 1. The van der Waals surface area contributed by atoms with E-state index >= 15 is 0 Å². The number of carbonyl (C=O) groups is 1. The van der Waals surface area contributed by atoms with Crippen LogP contribution in [0.5, 0.6) is 5.75 Å². The van der Waals surface area contributed by atoms with Gasteiger partial charge in [-0.15, -0.1) is 0 Å². The van der Waals surface area contributed by atoms with E-state index in [0.29, 0.717) is 15.6 Å². The maximum Gasteiger partial charge on any atom is 0.163 e. The van der Waals surface area contributed by atoms with Gasteiger partial charge in [-0.1, -0.05) is 22.0 Å². The predicted octanol–water partition coefficient (Wildman–Crippen LogP) is 4.09. The maximum atomic E-state index is 13.1. The van der Waals surface area contributed by atoms with Crippen LogP contribution in [-0.2, 0) is 6.61 Å². The number of ketones is 1. The average molecular weight is 356 g/mol. The Labute approximate surface area is 128 Å². The predicted molar refractivity (Wildman–Crippen MR) is 79.2 cm³/mol. The summed E-state index contributed by atoms with van der Waals surface area (Å²) >= 11 is 3.25. The number of halogens is 3. The van der Waals surface area contributed by atoms with Crippen molar-refractivity contribution in [3.63, 3.8) is 0 Å². The van der Waals surface area contributed by atoms with E-state index in [9.17, 15) is 13.6 Å². The Morgan fingerprint density at radius 1 is 1.24 bits per heavy atom. The van der Waals surface area contributed by atoms with Gasteiger partial charge in [-0.3, -0.25) is 4.79 Å². The Morgan fingerprint density at radius 3 is 2.57 bits per heavy atom. The summed E-state index contributed by atoms with van der Waals surface area (Å²) in [4.78, 5) is 11.6. The third kappa shape index (κ3) is 3.58. The number of benzene rings is 2. The summed E-state index contributed by atoms with van der Waals surface area (Å²) in [5.41, 5.74) is 6.89. The highest BCUT2D eigenvalue weighted by molar-refractivity contribution is 9.10. The molecule has 0 radical (unpaired) electrons. The van der Waals surface area contributed by atoms with Crippen LogP contribution in [0, 0.1) is 11.6 Å². The molecular weight excluding hydrogens is 344 g/mol. The molecule has 0 atom stereocenters. The van der Waals surface area contributed by atoms with Crippen LogP contribution >= 0.6 is 15.9 Å². The highest BCUT2D eigenvalue weighted by Gasteiger charge is 2.14. The first kappa shape index (κ1) is 15.4. The number of ether oxygens (including phenoxy) is 1. The summed E-state index contributed by atoms with van der Waals surface area (Å²) in [5, 5.41) is 0. The molecule has 0 spiro atoms. The van der Waals surface area contributed by atoms with Gasteiger partial charge in [0.05, 0.1) is 11.3 Å². The van der Waals surface area contributed by atoms with Crippen molar-refractivity contribution in [3.05, 3.63) is 57.6 Å². The highest BCUT2D eigenvalue weighted by atomic mass is 79.9. The Hall–Kier alpha value is -1.95. The van der Waals surface area contributed by atoms with Gasteiger partial charge in [0, 0.05) is 4.47 Å².